The number of rotatable bonds is 33. The van der Waals surface area contributed by atoms with Crippen LogP contribution in [0.5, 0.6) is 0 Å². The molecule has 0 radical (unpaired) electrons. The minimum atomic E-state index is 0.0172. The molecule has 0 fully saturated rings. The summed E-state index contributed by atoms with van der Waals surface area (Å²) in [5, 5.41) is 0. The van der Waals surface area contributed by atoms with Crippen molar-refractivity contribution in [3.05, 3.63) is 0 Å². The van der Waals surface area contributed by atoms with Gasteiger partial charge in [-0.15, -0.1) is 0 Å². The third-order valence-electron chi connectivity index (χ3n) is 9.06. The van der Waals surface area contributed by atoms with E-state index in [-0.39, 0.29) is 5.97 Å². The Morgan fingerprint density at radius 2 is 1.05 bits per heavy atom. The molecule has 0 aliphatic rings. The van der Waals surface area contributed by atoms with E-state index in [1.54, 1.807) is 0 Å². The fourth-order valence-electron chi connectivity index (χ4n) is 6.13. The predicted molar refractivity (Wildman–Crippen MR) is 179 cm³/mol. The van der Waals surface area contributed by atoms with Crippen molar-refractivity contribution in [1.82, 2.24) is 4.90 Å². The van der Waals surface area contributed by atoms with E-state index in [4.69, 9.17) is 4.74 Å². The molecule has 0 heterocycles. The second-order valence-corrected chi connectivity index (χ2v) is 12.7. The number of hydrogen-bond acceptors (Lipinski definition) is 4. The van der Waals surface area contributed by atoms with Gasteiger partial charge in [0.25, 0.3) is 0 Å². The van der Waals surface area contributed by atoms with Gasteiger partial charge in [-0.25, -0.2) is 0 Å². The van der Waals surface area contributed by atoms with Crippen LogP contribution in [0.15, 0.2) is 0 Å². The molecule has 0 saturated carbocycles. The lowest BCUT2D eigenvalue weighted by Gasteiger charge is -2.25. The average Bonchev–Trinajstić information content (AvgIpc) is 2.98. The zero-order valence-corrected chi connectivity index (χ0v) is 28.4. The van der Waals surface area contributed by atoms with Gasteiger partial charge < -0.3 is 14.4 Å². The molecule has 0 aromatic rings. The van der Waals surface area contributed by atoms with E-state index in [0.29, 0.717) is 13.0 Å². The molecule has 0 spiro atoms. The molecule has 4 heteroatoms. The van der Waals surface area contributed by atoms with Crippen LogP contribution in [0.1, 0.15) is 188 Å². The van der Waals surface area contributed by atoms with Crippen molar-refractivity contribution in [3.63, 3.8) is 0 Å². The standard InChI is InChI=1S/C37H73NO3/c1-5-9-26-35(27-10-6-2)31-33-41-37(40)30-24-20-16-13-15-19-23-29-36(34-38(7-3)8-4)28-22-18-14-11-12-17-21-25-32-39/h32,35-36H,5-31,33-34H2,1-4H3. The van der Waals surface area contributed by atoms with Gasteiger partial charge in [0.2, 0.25) is 0 Å². The number of carbonyl (C=O) groups excluding carboxylic acids is 2. The van der Waals surface area contributed by atoms with E-state index < -0.39 is 0 Å². The lowest BCUT2D eigenvalue weighted by atomic mass is 9.93. The molecule has 0 aromatic carbocycles. The summed E-state index contributed by atoms with van der Waals surface area (Å²) in [5.41, 5.74) is 0. The monoisotopic (exact) mass is 580 g/mol. The normalized spacial score (nSPS) is 12.3. The van der Waals surface area contributed by atoms with Crippen LogP contribution in [0.2, 0.25) is 0 Å². The Bertz CT molecular complexity index is 540. The molecule has 0 aliphatic heterocycles. The highest BCUT2D eigenvalue weighted by molar-refractivity contribution is 5.69. The van der Waals surface area contributed by atoms with Gasteiger partial charge in [0.15, 0.2) is 0 Å². The molecular formula is C37H73NO3. The SMILES string of the molecule is CCCCC(CCCC)CCOC(=O)CCCCCCCCCC(CCCCCCCCCC=O)CN(CC)CC. The molecule has 244 valence electrons. The van der Waals surface area contributed by atoms with Gasteiger partial charge in [0, 0.05) is 19.4 Å². The molecule has 4 nitrogen and oxygen atoms in total. The first kappa shape index (κ1) is 40.1. The summed E-state index contributed by atoms with van der Waals surface area (Å²) >= 11 is 0. The molecule has 0 bridgehead atoms. The van der Waals surface area contributed by atoms with Gasteiger partial charge >= 0.3 is 5.97 Å². The Labute approximate surface area is 257 Å². The summed E-state index contributed by atoms with van der Waals surface area (Å²) in [4.78, 5) is 25.2. The van der Waals surface area contributed by atoms with Crippen LogP contribution in [0.3, 0.4) is 0 Å². The topological polar surface area (TPSA) is 46.6 Å². The van der Waals surface area contributed by atoms with Crippen LogP contribution in [0.25, 0.3) is 0 Å². The molecule has 41 heavy (non-hydrogen) atoms. The van der Waals surface area contributed by atoms with Crippen molar-refractivity contribution >= 4 is 12.3 Å². The van der Waals surface area contributed by atoms with Gasteiger partial charge in [-0.1, -0.05) is 143 Å². The zero-order valence-electron chi connectivity index (χ0n) is 28.4. The second-order valence-electron chi connectivity index (χ2n) is 12.7. The highest BCUT2D eigenvalue weighted by atomic mass is 16.5. The Morgan fingerprint density at radius 1 is 0.585 bits per heavy atom. The van der Waals surface area contributed by atoms with Crippen molar-refractivity contribution in [2.75, 3.05) is 26.2 Å². The number of esters is 1. The number of nitrogens with zero attached hydrogens (tertiary/aromatic N) is 1. The molecule has 0 amide bonds. The fourth-order valence-corrected chi connectivity index (χ4v) is 6.13. The lowest BCUT2D eigenvalue weighted by Crippen LogP contribution is -2.29. The van der Waals surface area contributed by atoms with E-state index in [2.05, 4.69) is 32.6 Å². The number of unbranched alkanes of at least 4 members (excludes halogenated alkanes) is 15. The molecule has 1 atom stereocenters. The predicted octanol–water partition coefficient (Wildman–Crippen LogP) is 11.1. The minimum absolute atomic E-state index is 0.0172. The first-order valence-corrected chi connectivity index (χ1v) is 18.4. The Hall–Kier alpha value is -0.900. The molecular weight excluding hydrogens is 506 g/mol. The van der Waals surface area contributed by atoms with Gasteiger partial charge in [-0.2, -0.15) is 0 Å². The van der Waals surface area contributed by atoms with E-state index >= 15 is 0 Å². The Kier molecular flexibility index (Phi) is 31.3. The summed E-state index contributed by atoms with van der Waals surface area (Å²) in [7, 11) is 0. The van der Waals surface area contributed by atoms with Crippen LogP contribution in [-0.4, -0.2) is 43.4 Å². The van der Waals surface area contributed by atoms with E-state index in [1.165, 1.54) is 142 Å². The average molecular weight is 580 g/mol. The largest absolute Gasteiger partial charge is 0.466 e. The summed E-state index contributed by atoms with van der Waals surface area (Å²) < 4.78 is 5.57. The van der Waals surface area contributed by atoms with E-state index in [1.807, 2.05) is 0 Å². The smallest absolute Gasteiger partial charge is 0.305 e. The molecule has 1 unspecified atom stereocenters. The van der Waals surface area contributed by atoms with Gasteiger partial charge in [0.1, 0.15) is 6.29 Å². The number of ether oxygens (including phenoxy) is 1. The summed E-state index contributed by atoms with van der Waals surface area (Å²) in [6.45, 7) is 13.3. The molecule has 0 rings (SSSR count). The first-order chi connectivity index (χ1) is 20.1. The van der Waals surface area contributed by atoms with Crippen molar-refractivity contribution in [2.24, 2.45) is 11.8 Å². The van der Waals surface area contributed by atoms with Crippen LogP contribution in [0, 0.1) is 11.8 Å². The zero-order chi connectivity index (χ0) is 30.2. The fraction of sp³-hybridized carbons (Fsp3) is 0.946. The van der Waals surface area contributed by atoms with Crippen LogP contribution in [-0.2, 0) is 14.3 Å². The third-order valence-corrected chi connectivity index (χ3v) is 9.06. The van der Waals surface area contributed by atoms with Crippen LogP contribution >= 0.6 is 0 Å². The van der Waals surface area contributed by atoms with E-state index in [9.17, 15) is 9.59 Å². The van der Waals surface area contributed by atoms with Crippen LogP contribution in [0.4, 0.5) is 0 Å². The maximum atomic E-state index is 12.1. The molecule has 0 aliphatic carbocycles. The van der Waals surface area contributed by atoms with Crippen molar-refractivity contribution in [1.29, 1.82) is 0 Å². The maximum absolute atomic E-state index is 12.1. The van der Waals surface area contributed by atoms with Crippen molar-refractivity contribution in [2.45, 2.75) is 188 Å². The minimum Gasteiger partial charge on any atom is -0.466 e. The second kappa shape index (κ2) is 32.0. The van der Waals surface area contributed by atoms with Gasteiger partial charge in [0.05, 0.1) is 6.61 Å². The van der Waals surface area contributed by atoms with Gasteiger partial charge in [-0.3, -0.25) is 4.79 Å². The summed E-state index contributed by atoms with van der Waals surface area (Å²) in [5.74, 6) is 1.60. The highest BCUT2D eigenvalue weighted by Crippen LogP contribution is 2.22. The first-order valence-electron chi connectivity index (χ1n) is 18.4. The highest BCUT2D eigenvalue weighted by Gasteiger charge is 2.13. The number of aldehydes is 1. The van der Waals surface area contributed by atoms with Gasteiger partial charge in [-0.05, 0) is 57.0 Å². The summed E-state index contributed by atoms with van der Waals surface area (Å²) in [6.07, 6.45) is 31.7. The number of hydrogen-bond donors (Lipinski definition) is 0. The molecule has 0 aromatic heterocycles. The van der Waals surface area contributed by atoms with E-state index in [0.717, 1.165) is 50.2 Å². The molecule has 0 N–H and O–H groups in total. The molecule has 0 saturated heterocycles. The third kappa shape index (κ3) is 27.7. The van der Waals surface area contributed by atoms with Crippen molar-refractivity contribution < 1.29 is 14.3 Å². The van der Waals surface area contributed by atoms with Crippen molar-refractivity contribution in [3.8, 4) is 0 Å². The Morgan fingerprint density at radius 3 is 1.54 bits per heavy atom. The lowest BCUT2D eigenvalue weighted by molar-refractivity contribution is -0.144. The maximum Gasteiger partial charge on any atom is 0.305 e. The van der Waals surface area contributed by atoms with Crippen LogP contribution < -0.4 is 0 Å². The number of carbonyl (C=O) groups is 2. The summed E-state index contributed by atoms with van der Waals surface area (Å²) in [6, 6.07) is 0. The Balaban J connectivity index is 3.89. The quantitative estimate of drug-likeness (QED) is 0.0441.